The Morgan fingerprint density at radius 1 is 1.33 bits per heavy atom. The van der Waals surface area contributed by atoms with Gasteiger partial charge in [-0.2, -0.15) is 5.26 Å². The number of methoxy groups -OCH3 is 1. The fourth-order valence-corrected chi connectivity index (χ4v) is 2.34. The van der Waals surface area contributed by atoms with E-state index in [2.05, 4.69) is 6.07 Å². The van der Waals surface area contributed by atoms with Gasteiger partial charge in [0.05, 0.1) is 18.1 Å². The van der Waals surface area contributed by atoms with Crippen molar-refractivity contribution in [3.8, 4) is 11.8 Å². The van der Waals surface area contributed by atoms with Gasteiger partial charge in [0.1, 0.15) is 11.7 Å². The Hall–Kier alpha value is -2.12. The average Bonchev–Trinajstić information content (AvgIpc) is 2.94. The lowest BCUT2D eigenvalue weighted by Crippen LogP contribution is -2.09. The average molecular weight is 257 g/mol. The first-order chi connectivity index (χ1) is 8.76. The summed E-state index contributed by atoms with van der Waals surface area (Å²) < 4.78 is 5.05. The first-order valence-electron chi connectivity index (χ1n) is 5.37. The minimum atomic E-state index is -0.755. The summed E-state index contributed by atoms with van der Waals surface area (Å²) in [6, 6.07) is 12.6. The number of nitriles is 1. The summed E-state index contributed by atoms with van der Waals surface area (Å²) in [5.74, 6) is -0.203. The number of benzene rings is 1. The van der Waals surface area contributed by atoms with Crippen molar-refractivity contribution in [2.45, 2.75) is 5.92 Å². The van der Waals surface area contributed by atoms with E-state index < -0.39 is 5.92 Å². The van der Waals surface area contributed by atoms with Crippen molar-refractivity contribution in [1.82, 2.24) is 0 Å². The number of thiophene rings is 1. The van der Waals surface area contributed by atoms with Crippen LogP contribution in [0.15, 0.2) is 41.8 Å². The van der Waals surface area contributed by atoms with Crippen molar-refractivity contribution in [2.24, 2.45) is 0 Å². The lowest BCUT2D eigenvalue weighted by Gasteiger charge is -2.08. The van der Waals surface area contributed by atoms with E-state index >= 15 is 0 Å². The molecule has 1 unspecified atom stereocenters. The van der Waals surface area contributed by atoms with Crippen molar-refractivity contribution in [3.63, 3.8) is 0 Å². The molecule has 3 nitrogen and oxygen atoms in total. The van der Waals surface area contributed by atoms with Crippen molar-refractivity contribution in [2.75, 3.05) is 7.11 Å². The molecular weight excluding hydrogens is 246 g/mol. The van der Waals surface area contributed by atoms with E-state index in [1.165, 1.54) is 11.3 Å². The Labute approximate surface area is 109 Å². The number of hydrogen-bond acceptors (Lipinski definition) is 4. The number of nitrogens with zero attached hydrogens (tertiary/aromatic N) is 1. The zero-order valence-electron chi connectivity index (χ0n) is 9.79. The third-order valence-electron chi connectivity index (χ3n) is 2.60. The predicted molar refractivity (Wildman–Crippen MR) is 70.0 cm³/mol. The summed E-state index contributed by atoms with van der Waals surface area (Å²) in [7, 11) is 1.58. The first kappa shape index (κ1) is 12.3. The largest absolute Gasteiger partial charge is 0.497 e. The molecule has 0 saturated heterocycles. The maximum Gasteiger partial charge on any atom is 0.194 e. The zero-order valence-corrected chi connectivity index (χ0v) is 10.6. The summed E-state index contributed by atoms with van der Waals surface area (Å²) in [6.45, 7) is 0. The monoisotopic (exact) mass is 257 g/mol. The molecular formula is C14H11NO2S. The van der Waals surface area contributed by atoms with Crippen LogP contribution in [0.5, 0.6) is 5.75 Å². The van der Waals surface area contributed by atoms with Gasteiger partial charge in [0.15, 0.2) is 5.78 Å². The lowest BCUT2D eigenvalue weighted by atomic mass is 9.95. The van der Waals surface area contributed by atoms with Gasteiger partial charge in [-0.3, -0.25) is 4.79 Å². The van der Waals surface area contributed by atoms with E-state index in [9.17, 15) is 10.1 Å². The fraction of sp³-hybridized carbons (Fsp3) is 0.143. The van der Waals surface area contributed by atoms with Crippen molar-refractivity contribution >= 4 is 17.1 Å². The van der Waals surface area contributed by atoms with E-state index in [0.717, 1.165) is 0 Å². The van der Waals surface area contributed by atoms with Gasteiger partial charge in [0.25, 0.3) is 0 Å². The molecule has 0 fully saturated rings. The van der Waals surface area contributed by atoms with Crippen LogP contribution in [0.2, 0.25) is 0 Å². The Morgan fingerprint density at radius 2 is 2.06 bits per heavy atom. The van der Waals surface area contributed by atoms with Crippen LogP contribution in [0.4, 0.5) is 0 Å². The van der Waals surface area contributed by atoms with Crippen LogP contribution < -0.4 is 4.74 Å². The Bertz CT molecular complexity index is 567. The standard InChI is InChI=1S/C14H11NO2S/c1-17-11-6-4-10(5-7-11)12(9-15)14(16)13-3-2-8-18-13/h2-8,12H,1H3. The second-order valence-electron chi connectivity index (χ2n) is 3.68. The quantitative estimate of drug-likeness (QED) is 0.790. The summed E-state index contributed by atoms with van der Waals surface area (Å²) in [5, 5.41) is 11.0. The van der Waals surface area contributed by atoms with E-state index in [1.807, 2.05) is 5.38 Å². The molecule has 0 aliphatic carbocycles. The number of Topliss-reactive ketones (excluding diaryl/α,β-unsaturated/α-hetero) is 1. The van der Waals surface area contributed by atoms with Crippen molar-refractivity contribution in [1.29, 1.82) is 5.26 Å². The van der Waals surface area contributed by atoms with E-state index in [0.29, 0.717) is 16.2 Å². The highest BCUT2D eigenvalue weighted by Gasteiger charge is 2.22. The number of hydrogen-bond donors (Lipinski definition) is 0. The van der Waals surface area contributed by atoms with E-state index in [4.69, 9.17) is 4.74 Å². The molecule has 2 aromatic rings. The maximum atomic E-state index is 12.1. The van der Waals surface area contributed by atoms with Crippen LogP contribution in [-0.4, -0.2) is 12.9 Å². The van der Waals surface area contributed by atoms with Gasteiger partial charge in [-0.15, -0.1) is 11.3 Å². The summed E-state index contributed by atoms with van der Waals surface area (Å²) in [5.41, 5.74) is 0.691. The number of ether oxygens (including phenoxy) is 1. The molecule has 0 saturated carbocycles. The van der Waals surface area contributed by atoms with Crippen LogP contribution in [0, 0.1) is 11.3 Å². The first-order valence-corrected chi connectivity index (χ1v) is 6.25. The highest BCUT2D eigenvalue weighted by atomic mass is 32.1. The Morgan fingerprint density at radius 3 is 2.56 bits per heavy atom. The maximum absolute atomic E-state index is 12.1. The lowest BCUT2D eigenvalue weighted by molar-refractivity contribution is 0.0983. The second kappa shape index (κ2) is 5.48. The van der Waals surface area contributed by atoms with Gasteiger partial charge in [-0.25, -0.2) is 0 Å². The molecule has 0 N–H and O–H groups in total. The Balaban J connectivity index is 2.28. The molecule has 1 heterocycles. The van der Waals surface area contributed by atoms with Gasteiger partial charge >= 0.3 is 0 Å². The molecule has 2 rings (SSSR count). The van der Waals surface area contributed by atoms with Crippen LogP contribution in [0.3, 0.4) is 0 Å². The molecule has 90 valence electrons. The third-order valence-corrected chi connectivity index (χ3v) is 3.49. The van der Waals surface area contributed by atoms with Gasteiger partial charge in [-0.05, 0) is 29.1 Å². The minimum Gasteiger partial charge on any atom is -0.497 e. The molecule has 0 aliphatic heterocycles. The van der Waals surface area contributed by atoms with Gasteiger partial charge in [0, 0.05) is 0 Å². The van der Waals surface area contributed by atoms with Gasteiger partial charge < -0.3 is 4.74 Å². The number of carbonyl (C=O) groups is 1. The number of ketones is 1. The summed E-state index contributed by atoms with van der Waals surface area (Å²) in [4.78, 5) is 12.8. The number of rotatable bonds is 4. The summed E-state index contributed by atoms with van der Waals surface area (Å²) >= 11 is 1.35. The van der Waals surface area contributed by atoms with Gasteiger partial charge in [0.2, 0.25) is 0 Å². The van der Waals surface area contributed by atoms with Crippen molar-refractivity contribution < 1.29 is 9.53 Å². The molecule has 18 heavy (non-hydrogen) atoms. The zero-order chi connectivity index (χ0) is 13.0. The third kappa shape index (κ3) is 2.41. The smallest absolute Gasteiger partial charge is 0.194 e. The molecule has 0 amide bonds. The highest BCUT2D eigenvalue weighted by Crippen LogP contribution is 2.24. The molecule has 0 radical (unpaired) electrons. The van der Waals surface area contributed by atoms with Crippen molar-refractivity contribution in [3.05, 3.63) is 52.2 Å². The molecule has 0 aliphatic rings. The second-order valence-corrected chi connectivity index (χ2v) is 4.62. The topological polar surface area (TPSA) is 50.1 Å². The molecule has 4 heteroatoms. The molecule has 0 spiro atoms. The minimum absolute atomic E-state index is 0.155. The predicted octanol–water partition coefficient (Wildman–Crippen LogP) is 3.25. The van der Waals surface area contributed by atoms with E-state index in [-0.39, 0.29) is 5.78 Å². The van der Waals surface area contributed by atoms with Gasteiger partial charge in [-0.1, -0.05) is 18.2 Å². The van der Waals surface area contributed by atoms with E-state index in [1.54, 1.807) is 43.5 Å². The number of carbonyl (C=O) groups excluding carboxylic acids is 1. The molecule has 0 bridgehead atoms. The molecule has 1 aromatic heterocycles. The SMILES string of the molecule is COc1ccc(C(C#N)C(=O)c2cccs2)cc1. The van der Waals surface area contributed by atoms with Crippen LogP contribution in [0.1, 0.15) is 21.2 Å². The normalized spacial score (nSPS) is 11.6. The Kier molecular flexibility index (Phi) is 3.75. The molecule has 1 aromatic carbocycles. The van der Waals surface area contributed by atoms with Crippen LogP contribution >= 0.6 is 11.3 Å². The molecule has 1 atom stereocenters. The fourth-order valence-electron chi connectivity index (χ4n) is 1.64. The van der Waals surface area contributed by atoms with Crippen LogP contribution in [0.25, 0.3) is 0 Å². The highest BCUT2D eigenvalue weighted by molar-refractivity contribution is 7.12. The van der Waals surface area contributed by atoms with Crippen LogP contribution in [-0.2, 0) is 0 Å². The summed E-state index contributed by atoms with van der Waals surface area (Å²) in [6.07, 6.45) is 0.